The maximum absolute atomic E-state index is 12.0. The highest BCUT2D eigenvalue weighted by molar-refractivity contribution is 5.77. The summed E-state index contributed by atoms with van der Waals surface area (Å²) in [4.78, 5) is 18.0. The lowest BCUT2D eigenvalue weighted by Gasteiger charge is -2.50. The lowest BCUT2D eigenvalue weighted by atomic mass is 9.81. The molecule has 120 valence electrons. The zero-order valence-electron chi connectivity index (χ0n) is 13.2. The Morgan fingerprint density at radius 2 is 2.41 bits per heavy atom. The van der Waals surface area contributed by atoms with Gasteiger partial charge in [-0.05, 0) is 25.0 Å². The van der Waals surface area contributed by atoms with E-state index in [-0.39, 0.29) is 11.5 Å². The van der Waals surface area contributed by atoms with E-state index >= 15 is 0 Å². The smallest absolute Gasteiger partial charge is 0.222 e. The third-order valence-corrected chi connectivity index (χ3v) is 4.70. The predicted octanol–water partition coefficient (Wildman–Crippen LogP) is 2.27. The van der Waals surface area contributed by atoms with Gasteiger partial charge in [-0.15, -0.1) is 0 Å². The van der Waals surface area contributed by atoms with Crippen LogP contribution in [0, 0.1) is 5.92 Å². The fourth-order valence-corrected chi connectivity index (χ4v) is 3.26. The number of unbranched alkanes of at least 4 members (excludes halogenated alkanes) is 1. The molecule has 2 aliphatic heterocycles. The normalized spacial score (nSPS) is 22.6. The molecule has 0 aliphatic carbocycles. The Morgan fingerprint density at radius 3 is 3.14 bits per heavy atom. The maximum Gasteiger partial charge on any atom is 0.222 e. The molecule has 2 saturated heterocycles. The summed E-state index contributed by atoms with van der Waals surface area (Å²) in [6, 6.07) is 3.78. The van der Waals surface area contributed by atoms with Gasteiger partial charge in [-0.25, -0.2) is 0 Å². The zero-order valence-corrected chi connectivity index (χ0v) is 13.2. The van der Waals surface area contributed by atoms with Crippen molar-refractivity contribution in [2.75, 3.05) is 26.3 Å². The van der Waals surface area contributed by atoms with Gasteiger partial charge in [0.05, 0.1) is 25.9 Å². The Balaban J connectivity index is 1.51. The molecule has 0 N–H and O–H groups in total. The van der Waals surface area contributed by atoms with Crippen LogP contribution in [0.5, 0.6) is 5.75 Å². The number of likely N-dealkylation sites (tertiary alicyclic amines) is 1. The van der Waals surface area contributed by atoms with Crippen LogP contribution in [-0.4, -0.2) is 47.7 Å². The van der Waals surface area contributed by atoms with Crippen LogP contribution in [0.1, 0.15) is 32.6 Å². The number of hydrogen-bond acceptors (Lipinski definition) is 4. The molecule has 1 atom stereocenters. The Hall–Kier alpha value is -1.62. The van der Waals surface area contributed by atoms with Crippen LogP contribution in [0.15, 0.2) is 24.5 Å². The molecule has 0 unspecified atom stereocenters. The van der Waals surface area contributed by atoms with E-state index in [2.05, 4.69) is 11.9 Å². The number of hydrogen-bond donors (Lipinski definition) is 0. The van der Waals surface area contributed by atoms with E-state index in [1.54, 1.807) is 12.4 Å². The maximum atomic E-state index is 12.0. The van der Waals surface area contributed by atoms with Crippen molar-refractivity contribution in [2.24, 2.45) is 5.92 Å². The molecule has 0 radical (unpaired) electrons. The van der Waals surface area contributed by atoms with Crippen molar-refractivity contribution in [1.29, 1.82) is 0 Å². The third-order valence-electron chi connectivity index (χ3n) is 4.70. The van der Waals surface area contributed by atoms with Crippen LogP contribution < -0.4 is 4.74 Å². The molecule has 1 amide bonds. The molecule has 1 spiro atoms. The Morgan fingerprint density at radius 1 is 1.55 bits per heavy atom. The van der Waals surface area contributed by atoms with E-state index < -0.39 is 0 Å². The first-order valence-corrected chi connectivity index (χ1v) is 8.18. The molecular weight excluding hydrogens is 280 g/mol. The van der Waals surface area contributed by atoms with E-state index in [4.69, 9.17) is 9.47 Å². The number of carbonyl (C=O) groups is 1. The number of ether oxygens (including phenoxy) is 2. The average molecular weight is 304 g/mol. The van der Waals surface area contributed by atoms with Crippen LogP contribution in [0.2, 0.25) is 0 Å². The average Bonchev–Trinajstić information content (AvgIpc) is 2.94. The molecule has 0 bridgehead atoms. The van der Waals surface area contributed by atoms with Crippen molar-refractivity contribution < 1.29 is 14.3 Å². The van der Waals surface area contributed by atoms with Gasteiger partial charge in [0.15, 0.2) is 0 Å². The summed E-state index contributed by atoms with van der Waals surface area (Å²) in [7, 11) is 0. The summed E-state index contributed by atoms with van der Waals surface area (Å²) in [6.45, 7) is 4.94. The molecule has 5 nitrogen and oxygen atoms in total. The predicted molar refractivity (Wildman–Crippen MR) is 82.6 cm³/mol. The Kier molecular flexibility index (Phi) is 4.62. The minimum absolute atomic E-state index is 0.177. The van der Waals surface area contributed by atoms with Gasteiger partial charge >= 0.3 is 0 Å². The number of amides is 1. The summed E-state index contributed by atoms with van der Waals surface area (Å²) >= 11 is 0. The number of carbonyl (C=O) groups excluding carboxylic acids is 1. The standard InChI is InChI=1S/C17H24N2O3/c1-2-3-6-16(20)19-12-17(13-19)14(7-9-22-17)11-21-15-5-4-8-18-10-15/h4-5,8,10,14H,2-3,6-7,9,11-13H2,1H3/t14-/m0/s1. The fraction of sp³-hybridized carbons (Fsp3) is 0.647. The molecule has 1 aromatic heterocycles. The van der Waals surface area contributed by atoms with Crippen molar-refractivity contribution in [2.45, 2.75) is 38.2 Å². The molecule has 2 fully saturated rings. The van der Waals surface area contributed by atoms with Crippen LogP contribution in [0.4, 0.5) is 0 Å². The van der Waals surface area contributed by atoms with Gasteiger partial charge in [-0.2, -0.15) is 0 Å². The topological polar surface area (TPSA) is 51.7 Å². The molecule has 3 rings (SSSR count). The largest absolute Gasteiger partial charge is 0.492 e. The summed E-state index contributed by atoms with van der Waals surface area (Å²) in [5.41, 5.74) is -0.177. The van der Waals surface area contributed by atoms with Gasteiger partial charge in [0.1, 0.15) is 11.4 Å². The van der Waals surface area contributed by atoms with Crippen molar-refractivity contribution in [3.8, 4) is 5.75 Å². The summed E-state index contributed by atoms with van der Waals surface area (Å²) < 4.78 is 11.8. The molecular formula is C17H24N2O3. The minimum Gasteiger partial charge on any atom is -0.492 e. The second-order valence-electron chi connectivity index (χ2n) is 6.25. The highest BCUT2D eigenvalue weighted by Crippen LogP contribution is 2.40. The molecule has 0 aromatic carbocycles. The molecule has 22 heavy (non-hydrogen) atoms. The molecule has 0 saturated carbocycles. The molecule has 5 heteroatoms. The SMILES string of the molecule is CCCCC(=O)N1CC2(C1)OCC[C@H]2COc1cccnc1. The molecule has 3 heterocycles. The van der Waals surface area contributed by atoms with E-state index in [1.807, 2.05) is 17.0 Å². The van der Waals surface area contributed by atoms with Crippen LogP contribution in [0.25, 0.3) is 0 Å². The van der Waals surface area contributed by atoms with Gasteiger partial charge in [-0.3, -0.25) is 9.78 Å². The van der Waals surface area contributed by atoms with Crippen molar-refractivity contribution in [3.63, 3.8) is 0 Å². The number of pyridine rings is 1. The van der Waals surface area contributed by atoms with E-state index in [1.165, 1.54) is 0 Å². The summed E-state index contributed by atoms with van der Waals surface area (Å²) in [6.07, 6.45) is 7.14. The van der Waals surface area contributed by atoms with Gasteiger partial charge in [-0.1, -0.05) is 13.3 Å². The zero-order chi connectivity index (χ0) is 15.4. The summed E-state index contributed by atoms with van der Waals surface area (Å²) in [5, 5.41) is 0. The van der Waals surface area contributed by atoms with E-state index in [0.29, 0.717) is 18.9 Å². The first kappa shape index (κ1) is 15.3. The van der Waals surface area contributed by atoms with Gasteiger partial charge < -0.3 is 14.4 Å². The van der Waals surface area contributed by atoms with Crippen molar-refractivity contribution >= 4 is 5.91 Å². The van der Waals surface area contributed by atoms with E-state index in [9.17, 15) is 4.79 Å². The molecule has 2 aliphatic rings. The van der Waals surface area contributed by atoms with Gasteiger partial charge in [0, 0.05) is 25.1 Å². The van der Waals surface area contributed by atoms with Crippen LogP contribution in [-0.2, 0) is 9.53 Å². The van der Waals surface area contributed by atoms with Crippen LogP contribution >= 0.6 is 0 Å². The second-order valence-corrected chi connectivity index (χ2v) is 6.25. The van der Waals surface area contributed by atoms with E-state index in [0.717, 1.165) is 44.7 Å². The lowest BCUT2D eigenvalue weighted by molar-refractivity contribution is -0.167. The quantitative estimate of drug-likeness (QED) is 0.809. The highest BCUT2D eigenvalue weighted by atomic mass is 16.5. The molecule has 1 aromatic rings. The summed E-state index contributed by atoms with van der Waals surface area (Å²) in [5.74, 6) is 1.40. The monoisotopic (exact) mass is 304 g/mol. The van der Waals surface area contributed by atoms with Gasteiger partial charge in [0.25, 0.3) is 0 Å². The highest BCUT2D eigenvalue weighted by Gasteiger charge is 2.54. The lowest BCUT2D eigenvalue weighted by Crippen LogP contribution is -2.66. The minimum atomic E-state index is -0.177. The van der Waals surface area contributed by atoms with Crippen molar-refractivity contribution in [3.05, 3.63) is 24.5 Å². The number of nitrogens with zero attached hydrogens (tertiary/aromatic N) is 2. The fourth-order valence-electron chi connectivity index (χ4n) is 3.26. The number of rotatable bonds is 6. The first-order valence-electron chi connectivity index (χ1n) is 8.18. The van der Waals surface area contributed by atoms with Gasteiger partial charge in [0.2, 0.25) is 5.91 Å². The first-order chi connectivity index (χ1) is 10.7. The Bertz CT molecular complexity index is 500. The second kappa shape index (κ2) is 6.65. The Labute approximate surface area is 131 Å². The number of aromatic nitrogens is 1. The van der Waals surface area contributed by atoms with Crippen molar-refractivity contribution in [1.82, 2.24) is 9.88 Å². The van der Waals surface area contributed by atoms with Crippen LogP contribution in [0.3, 0.4) is 0 Å². The third kappa shape index (κ3) is 3.09.